The number of nitrogens with one attached hydrogen (secondary N) is 1. The van der Waals surface area contributed by atoms with Crippen LogP contribution in [0, 0.1) is 0 Å². The van der Waals surface area contributed by atoms with Gasteiger partial charge >= 0.3 is 5.97 Å². The Balaban J connectivity index is 1.68. The zero-order valence-corrected chi connectivity index (χ0v) is 20.3. The van der Waals surface area contributed by atoms with Crippen molar-refractivity contribution in [3.8, 4) is 11.5 Å². The van der Waals surface area contributed by atoms with Gasteiger partial charge in [-0.25, -0.2) is 8.42 Å². The molecule has 176 valence electrons. The van der Waals surface area contributed by atoms with E-state index in [1.54, 1.807) is 18.2 Å². The Kier molecular flexibility index (Phi) is 6.80. The van der Waals surface area contributed by atoms with Crippen molar-refractivity contribution in [1.29, 1.82) is 0 Å². The van der Waals surface area contributed by atoms with Gasteiger partial charge in [0.15, 0.2) is 5.75 Å². The van der Waals surface area contributed by atoms with Gasteiger partial charge in [0.25, 0.3) is 0 Å². The molecule has 11 heteroatoms. The molecule has 4 aromatic rings. The molecule has 0 bridgehead atoms. The maximum atomic E-state index is 13.2. The third kappa shape index (κ3) is 4.87. The lowest BCUT2D eigenvalue weighted by atomic mass is 10.1. The molecule has 0 saturated heterocycles. The van der Waals surface area contributed by atoms with Crippen molar-refractivity contribution in [2.45, 2.75) is 22.3 Å². The number of halogens is 3. The molecule has 4 N–H and O–H groups in total. The molecule has 1 aromatic heterocycles. The predicted octanol–water partition coefficient (Wildman–Crippen LogP) is 5.71. The summed E-state index contributed by atoms with van der Waals surface area (Å²) in [5, 5.41) is 10.2. The largest absolute Gasteiger partial charge is 0.480 e. The summed E-state index contributed by atoms with van der Waals surface area (Å²) in [6.07, 6.45) is 1.45. The summed E-state index contributed by atoms with van der Waals surface area (Å²) in [5.41, 5.74) is 6.71. The van der Waals surface area contributed by atoms with Gasteiger partial charge in [0.1, 0.15) is 11.8 Å². The molecule has 0 saturated carbocycles. The third-order valence-electron chi connectivity index (χ3n) is 5.08. The number of nitrogens with two attached hydrogens (primary N) is 1. The molecule has 0 spiro atoms. The van der Waals surface area contributed by atoms with E-state index in [0.29, 0.717) is 27.2 Å². The number of hydrogen-bond donors (Lipinski definition) is 3. The van der Waals surface area contributed by atoms with Crippen LogP contribution in [0.15, 0.2) is 70.6 Å². The molecule has 4 rings (SSSR count). The number of carbonyl (C=O) groups is 1. The van der Waals surface area contributed by atoms with Crippen LogP contribution in [0.3, 0.4) is 0 Å². The monoisotopic (exact) mass is 538 g/mol. The maximum absolute atomic E-state index is 13.2. The number of H-pyrrole nitrogens is 1. The van der Waals surface area contributed by atoms with Crippen LogP contribution in [-0.2, 0) is 21.1 Å². The van der Waals surface area contributed by atoms with Crippen LogP contribution in [0.25, 0.3) is 10.9 Å². The quantitative estimate of drug-likeness (QED) is 0.277. The minimum Gasteiger partial charge on any atom is -0.480 e. The first kappa shape index (κ1) is 24.4. The van der Waals surface area contributed by atoms with Gasteiger partial charge in [-0.2, -0.15) is 0 Å². The fourth-order valence-corrected chi connectivity index (χ4v) is 5.54. The van der Waals surface area contributed by atoms with E-state index in [2.05, 4.69) is 4.98 Å². The van der Waals surface area contributed by atoms with Crippen LogP contribution < -0.4 is 10.5 Å². The number of fused-ring (bicyclic) bond motifs is 1. The number of hydrogen-bond acceptors (Lipinski definition) is 5. The van der Waals surface area contributed by atoms with Gasteiger partial charge in [-0.3, -0.25) is 4.79 Å². The van der Waals surface area contributed by atoms with Crippen molar-refractivity contribution >= 4 is 61.5 Å². The molecule has 0 amide bonds. The van der Waals surface area contributed by atoms with E-state index in [1.807, 2.05) is 0 Å². The number of aromatic amines is 1. The Bertz CT molecular complexity index is 1480. The van der Waals surface area contributed by atoms with Gasteiger partial charge in [0, 0.05) is 22.1 Å². The van der Waals surface area contributed by atoms with E-state index in [4.69, 9.17) is 50.4 Å². The average molecular weight is 540 g/mol. The van der Waals surface area contributed by atoms with Crippen LogP contribution in [0.2, 0.25) is 15.1 Å². The number of carboxylic acids is 1. The van der Waals surface area contributed by atoms with E-state index in [1.165, 1.54) is 42.6 Å². The fraction of sp³-hybridized carbons (Fsp3) is 0.0870. The molecule has 7 nitrogen and oxygen atoms in total. The number of rotatable bonds is 7. The summed E-state index contributed by atoms with van der Waals surface area (Å²) in [5.74, 6) is -0.692. The minimum atomic E-state index is -3.83. The number of sulfone groups is 1. The highest BCUT2D eigenvalue weighted by Crippen LogP contribution is 2.39. The Morgan fingerprint density at radius 2 is 1.68 bits per heavy atom. The van der Waals surface area contributed by atoms with E-state index in [9.17, 15) is 13.2 Å². The average Bonchev–Trinajstić information content (AvgIpc) is 3.20. The topological polar surface area (TPSA) is 122 Å². The van der Waals surface area contributed by atoms with Crippen molar-refractivity contribution in [2.75, 3.05) is 0 Å². The Morgan fingerprint density at radius 3 is 2.29 bits per heavy atom. The predicted molar refractivity (Wildman–Crippen MR) is 131 cm³/mol. The number of aromatic nitrogens is 1. The second-order valence-electron chi connectivity index (χ2n) is 7.46. The van der Waals surface area contributed by atoms with Crippen LogP contribution in [-0.4, -0.2) is 30.5 Å². The summed E-state index contributed by atoms with van der Waals surface area (Å²) in [4.78, 5) is 14.1. The molecule has 0 unspecified atom stereocenters. The van der Waals surface area contributed by atoms with Gasteiger partial charge in [0.05, 0.1) is 19.8 Å². The smallest absolute Gasteiger partial charge is 0.320 e. The lowest BCUT2D eigenvalue weighted by Gasteiger charge is -2.13. The molecule has 34 heavy (non-hydrogen) atoms. The SMILES string of the molecule is N[C@@H](Cc1cc(Cl)c(Oc2ccc3[nH]cc(S(=O)(=O)c4ccc(Cl)cc4)c3c2)c(Cl)c1)C(=O)O. The van der Waals surface area contributed by atoms with E-state index in [0.717, 1.165) is 0 Å². The molecular formula is C23H17Cl3N2O5S. The first-order valence-corrected chi connectivity index (χ1v) is 12.4. The molecular weight excluding hydrogens is 523 g/mol. The minimum absolute atomic E-state index is 0.0380. The Hall–Kier alpha value is -2.75. The van der Waals surface area contributed by atoms with Crippen LogP contribution >= 0.6 is 34.8 Å². The van der Waals surface area contributed by atoms with Gasteiger partial charge in [-0.05, 0) is 66.6 Å². The zero-order chi connectivity index (χ0) is 24.6. The van der Waals surface area contributed by atoms with E-state index in [-0.39, 0.29) is 32.0 Å². The Labute approximate surface area is 209 Å². The summed E-state index contributed by atoms with van der Waals surface area (Å²) < 4.78 is 32.2. The molecule has 0 aliphatic rings. The van der Waals surface area contributed by atoms with Crippen LogP contribution in [0.1, 0.15) is 5.56 Å². The fourth-order valence-electron chi connectivity index (χ4n) is 3.39. The third-order valence-corrected chi connectivity index (χ3v) is 7.70. The van der Waals surface area contributed by atoms with Crippen molar-refractivity contribution in [3.63, 3.8) is 0 Å². The lowest BCUT2D eigenvalue weighted by molar-refractivity contribution is -0.138. The van der Waals surface area contributed by atoms with E-state index >= 15 is 0 Å². The van der Waals surface area contributed by atoms with Gasteiger partial charge < -0.3 is 20.6 Å². The molecule has 1 atom stereocenters. The summed E-state index contributed by atoms with van der Waals surface area (Å²) in [6, 6.07) is 12.7. The highest BCUT2D eigenvalue weighted by atomic mass is 35.5. The standard InChI is InChI=1S/C23H17Cl3N2O5S/c24-13-1-4-15(5-2-13)34(31,32)21-11-28-20-6-3-14(10-16(20)21)33-22-17(25)7-12(8-18(22)26)9-19(27)23(29)30/h1-8,10-11,19,28H,9,27H2,(H,29,30)/t19-/m0/s1. The first-order valence-electron chi connectivity index (χ1n) is 9.82. The molecule has 0 fully saturated rings. The summed E-state index contributed by atoms with van der Waals surface area (Å²) in [7, 11) is -3.83. The Morgan fingerprint density at radius 1 is 1.03 bits per heavy atom. The number of carboxylic acid groups (broad SMARTS) is 1. The van der Waals surface area contributed by atoms with Gasteiger partial charge in [-0.15, -0.1) is 0 Å². The van der Waals surface area contributed by atoms with Crippen LogP contribution in [0.4, 0.5) is 0 Å². The highest BCUT2D eigenvalue weighted by molar-refractivity contribution is 7.91. The van der Waals surface area contributed by atoms with Gasteiger partial charge in [0.2, 0.25) is 9.84 Å². The maximum Gasteiger partial charge on any atom is 0.320 e. The second-order valence-corrected chi connectivity index (χ2v) is 10.6. The second kappa shape index (κ2) is 9.48. The summed E-state index contributed by atoms with van der Waals surface area (Å²) >= 11 is 18.5. The number of benzene rings is 3. The lowest BCUT2D eigenvalue weighted by Crippen LogP contribution is -2.32. The molecule has 0 radical (unpaired) electrons. The molecule has 0 aliphatic heterocycles. The van der Waals surface area contributed by atoms with Gasteiger partial charge in [-0.1, -0.05) is 34.8 Å². The molecule has 3 aromatic carbocycles. The molecule has 0 aliphatic carbocycles. The van der Waals surface area contributed by atoms with Crippen LogP contribution in [0.5, 0.6) is 11.5 Å². The molecule has 1 heterocycles. The first-order chi connectivity index (χ1) is 16.1. The summed E-state index contributed by atoms with van der Waals surface area (Å²) in [6.45, 7) is 0. The highest BCUT2D eigenvalue weighted by Gasteiger charge is 2.23. The van der Waals surface area contributed by atoms with Crippen molar-refractivity contribution < 1.29 is 23.1 Å². The van der Waals surface area contributed by atoms with Crippen molar-refractivity contribution in [3.05, 3.63) is 81.4 Å². The van der Waals surface area contributed by atoms with Crippen molar-refractivity contribution in [1.82, 2.24) is 4.98 Å². The zero-order valence-electron chi connectivity index (χ0n) is 17.3. The van der Waals surface area contributed by atoms with Crippen molar-refractivity contribution in [2.24, 2.45) is 5.73 Å². The number of aliphatic carboxylic acids is 1. The normalized spacial score (nSPS) is 12.6. The number of ether oxygens (including phenoxy) is 1. The van der Waals surface area contributed by atoms with E-state index < -0.39 is 21.8 Å².